The van der Waals surface area contributed by atoms with Gasteiger partial charge in [0.2, 0.25) is 0 Å². The van der Waals surface area contributed by atoms with Gasteiger partial charge < -0.3 is 4.90 Å². The average molecular weight is 345 g/mol. The van der Waals surface area contributed by atoms with Crippen LogP contribution in [0.25, 0.3) is 0 Å². The van der Waals surface area contributed by atoms with E-state index < -0.39 is 0 Å². The normalized spacial score (nSPS) is 18.2. The van der Waals surface area contributed by atoms with Crippen molar-refractivity contribution in [3.63, 3.8) is 0 Å². The van der Waals surface area contributed by atoms with Gasteiger partial charge >= 0.3 is 0 Å². The van der Waals surface area contributed by atoms with Crippen LogP contribution in [0, 0.1) is 0 Å². The highest BCUT2D eigenvalue weighted by molar-refractivity contribution is 5.09. The van der Waals surface area contributed by atoms with Crippen molar-refractivity contribution in [3.05, 3.63) is 35.9 Å². The van der Waals surface area contributed by atoms with Crippen molar-refractivity contribution in [1.29, 1.82) is 0 Å². The van der Waals surface area contributed by atoms with Gasteiger partial charge in [0.1, 0.15) is 0 Å². The molecule has 0 N–H and O–H groups in total. The van der Waals surface area contributed by atoms with E-state index in [9.17, 15) is 0 Å². The SMILES string of the molecule is CCN(CC)CCC1CN(Cc2cnn(C(C)C)c2)Cc2ccnn21. The van der Waals surface area contributed by atoms with E-state index in [4.69, 9.17) is 0 Å². The molecular formula is C19H32N6. The zero-order valence-corrected chi connectivity index (χ0v) is 16.1. The Morgan fingerprint density at radius 3 is 2.72 bits per heavy atom. The molecule has 0 saturated carbocycles. The fourth-order valence-corrected chi connectivity index (χ4v) is 3.67. The van der Waals surface area contributed by atoms with Gasteiger partial charge in [0, 0.05) is 50.2 Å². The summed E-state index contributed by atoms with van der Waals surface area (Å²) >= 11 is 0. The average Bonchev–Trinajstić information content (AvgIpc) is 3.25. The predicted octanol–water partition coefficient (Wildman–Crippen LogP) is 2.95. The first kappa shape index (κ1) is 18.1. The lowest BCUT2D eigenvalue weighted by molar-refractivity contribution is 0.150. The minimum Gasteiger partial charge on any atom is -0.304 e. The zero-order valence-electron chi connectivity index (χ0n) is 16.1. The molecule has 0 aromatic carbocycles. The van der Waals surface area contributed by atoms with Gasteiger partial charge in [-0.15, -0.1) is 0 Å². The van der Waals surface area contributed by atoms with Gasteiger partial charge in [0.05, 0.1) is 17.9 Å². The molecule has 0 aliphatic carbocycles. The van der Waals surface area contributed by atoms with Crippen LogP contribution < -0.4 is 0 Å². The Kier molecular flexibility index (Phi) is 5.91. The summed E-state index contributed by atoms with van der Waals surface area (Å²) in [6.07, 6.45) is 7.29. The second kappa shape index (κ2) is 8.15. The summed E-state index contributed by atoms with van der Waals surface area (Å²) in [5.74, 6) is 0. The van der Waals surface area contributed by atoms with Gasteiger partial charge in [-0.1, -0.05) is 13.8 Å². The van der Waals surface area contributed by atoms with Crippen LogP contribution in [0.4, 0.5) is 0 Å². The second-order valence-electron chi connectivity index (χ2n) is 7.33. The molecule has 1 aliphatic heterocycles. The number of rotatable bonds is 8. The first-order valence-electron chi connectivity index (χ1n) is 9.60. The lowest BCUT2D eigenvalue weighted by Crippen LogP contribution is -2.39. The third-order valence-corrected chi connectivity index (χ3v) is 5.22. The topological polar surface area (TPSA) is 42.1 Å². The standard InChI is InChI=1S/C19H32N6/c1-5-22(6-2)10-8-19-15-23(14-18-7-9-20-25(18)19)12-17-11-21-24(13-17)16(3)4/h7,9,11,13,16,19H,5-6,8,10,12,14-15H2,1-4H3. The van der Waals surface area contributed by atoms with Gasteiger partial charge in [-0.25, -0.2) is 0 Å². The molecule has 0 fully saturated rings. The van der Waals surface area contributed by atoms with Crippen LogP contribution in [-0.2, 0) is 13.1 Å². The largest absolute Gasteiger partial charge is 0.304 e. The Hall–Kier alpha value is -1.66. The van der Waals surface area contributed by atoms with E-state index in [2.05, 4.69) is 64.6 Å². The van der Waals surface area contributed by atoms with E-state index in [1.54, 1.807) is 0 Å². The van der Waals surface area contributed by atoms with Gasteiger partial charge in [-0.05, 0) is 39.4 Å². The molecule has 3 rings (SSSR count). The highest BCUT2D eigenvalue weighted by Crippen LogP contribution is 2.24. The number of fused-ring (bicyclic) bond motifs is 1. The lowest BCUT2D eigenvalue weighted by atomic mass is 10.1. The van der Waals surface area contributed by atoms with E-state index in [1.807, 2.05) is 17.1 Å². The zero-order chi connectivity index (χ0) is 17.8. The van der Waals surface area contributed by atoms with Crippen LogP contribution in [-0.4, -0.2) is 55.5 Å². The van der Waals surface area contributed by atoms with E-state index in [-0.39, 0.29) is 0 Å². The first-order chi connectivity index (χ1) is 12.1. The first-order valence-corrected chi connectivity index (χ1v) is 9.60. The van der Waals surface area contributed by atoms with Crippen molar-refractivity contribution < 1.29 is 0 Å². The van der Waals surface area contributed by atoms with Gasteiger partial charge in [0.15, 0.2) is 0 Å². The van der Waals surface area contributed by atoms with E-state index >= 15 is 0 Å². The summed E-state index contributed by atoms with van der Waals surface area (Å²) in [7, 11) is 0. The molecule has 0 spiro atoms. The molecule has 6 heteroatoms. The molecule has 25 heavy (non-hydrogen) atoms. The Morgan fingerprint density at radius 2 is 2.04 bits per heavy atom. The summed E-state index contributed by atoms with van der Waals surface area (Å²) in [6.45, 7) is 15.2. The quantitative estimate of drug-likeness (QED) is 0.738. The van der Waals surface area contributed by atoms with E-state index in [0.29, 0.717) is 12.1 Å². The molecule has 1 unspecified atom stereocenters. The molecule has 2 aromatic heterocycles. The van der Waals surface area contributed by atoms with Crippen molar-refractivity contribution in [1.82, 2.24) is 29.4 Å². The predicted molar refractivity (Wildman–Crippen MR) is 100 cm³/mol. The summed E-state index contributed by atoms with van der Waals surface area (Å²) in [6, 6.07) is 3.03. The smallest absolute Gasteiger partial charge is 0.0662 e. The third-order valence-electron chi connectivity index (χ3n) is 5.22. The van der Waals surface area contributed by atoms with Gasteiger partial charge in [-0.3, -0.25) is 14.3 Å². The second-order valence-corrected chi connectivity index (χ2v) is 7.33. The van der Waals surface area contributed by atoms with E-state index in [1.165, 1.54) is 11.3 Å². The number of nitrogens with zero attached hydrogens (tertiary/aromatic N) is 6. The molecule has 0 saturated heterocycles. The highest BCUT2D eigenvalue weighted by Gasteiger charge is 2.26. The summed E-state index contributed by atoms with van der Waals surface area (Å²) < 4.78 is 4.29. The lowest BCUT2D eigenvalue weighted by Gasteiger charge is -2.34. The fraction of sp³-hybridized carbons (Fsp3) is 0.684. The van der Waals surface area contributed by atoms with Crippen LogP contribution in [0.15, 0.2) is 24.7 Å². The Bertz CT molecular complexity index is 654. The molecule has 0 amide bonds. The van der Waals surface area contributed by atoms with Crippen LogP contribution in [0.2, 0.25) is 0 Å². The molecule has 6 nitrogen and oxygen atoms in total. The van der Waals surface area contributed by atoms with Gasteiger partial charge in [0.25, 0.3) is 0 Å². The maximum atomic E-state index is 4.59. The molecule has 2 aromatic rings. The van der Waals surface area contributed by atoms with Crippen molar-refractivity contribution in [2.45, 2.75) is 59.3 Å². The van der Waals surface area contributed by atoms with E-state index in [0.717, 1.165) is 45.7 Å². The van der Waals surface area contributed by atoms with Gasteiger partial charge in [-0.2, -0.15) is 10.2 Å². The summed E-state index contributed by atoms with van der Waals surface area (Å²) in [5.41, 5.74) is 2.62. The Morgan fingerprint density at radius 1 is 1.24 bits per heavy atom. The molecule has 1 atom stereocenters. The fourth-order valence-electron chi connectivity index (χ4n) is 3.67. The molecule has 3 heterocycles. The summed E-state index contributed by atoms with van der Waals surface area (Å²) in [5, 5.41) is 9.07. The van der Waals surface area contributed by atoms with Crippen LogP contribution in [0.1, 0.15) is 57.5 Å². The highest BCUT2D eigenvalue weighted by atomic mass is 15.4. The van der Waals surface area contributed by atoms with Crippen molar-refractivity contribution >= 4 is 0 Å². The monoisotopic (exact) mass is 344 g/mol. The third kappa shape index (κ3) is 4.30. The maximum Gasteiger partial charge on any atom is 0.0662 e. The van der Waals surface area contributed by atoms with Crippen LogP contribution in [0.5, 0.6) is 0 Å². The molecule has 0 radical (unpaired) electrons. The maximum absolute atomic E-state index is 4.59. The minimum atomic E-state index is 0.415. The van der Waals surface area contributed by atoms with Crippen molar-refractivity contribution in [3.8, 4) is 0 Å². The van der Waals surface area contributed by atoms with Crippen LogP contribution >= 0.6 is 0 Å². The molecule has 0 bridgehead atoms. The number of aromatic nitrogens is 4. The number of hydrogen-bond acceptors (Lipinski definition) is 4. The van der Waals surface area contributed by atoms with Crippen molar-refractivity contribution in [2.24, 2.45) is 0 Å². The Labute approximate surface area is 151 Å². The minimum absolute atomic E-state index is 0.415. The summed E-state index contributed by atoms with van der Waals surface area (Å²) in [4.78, 5) is 5.03. The van der Waals surface area contributed by atoms with Crippen LogP contribution in [0.3, 0.4) is 0 Å². The molecule has 138 valence electrons. The Balaban J connectivity index is 1.66. The molecular weight excluding hydrogens is 312 g/mol. The molecule has 1 aliphatic rings. The van der Waals surface area contributed by atoms with Crippen molar-refractivity contribution in [2.75, 3.05) is 26.2 Å². The number of hydrogen-bond donors (Lipinski definition) is 0.